The van der Waals surface area contributed by atoms with E-state index in [0.29, 0.717) is 10.4 Å². The van der Waals surface area contributed by atoms with Gasteiger partial charge in [0.05, 0.1) is 9.80 Å². The molecular formula is C15H15N5O2S3. The van der Waals surface area contributed by atoms with Crippen LogP contribution in [0, 0.1) is 10.1 Å². The van der Waals surface area contributed by atoms with E-state index in [1.165, 1.54) is 37.2 Å². The van der Waals surface area contributed by atoms with Gasteiger partial charge in [-0.3, -0.25) is 14.7 Å². The first-order chi connectivity index (χ1) is 12.2. The maximum atomic E-state index is 10.9. The molecule has 0 amide bonds. The smallest absolute Gasteiger partial charge is 0.298 e. The molecule has 25 heavy (non-hydrogen) atoms. The molecule has 0 unspecified atom stereocenters. The minimum atomic E-state index is -0.412. The molecule has 3 aromatic heterocycles. The van der Waals surface area contributed by atoms with Crippen LogP contribution < -0.4 is 0 Å². The minimum absolute atomic E-state index is 0.0460. The summed E-state index contributed by atoms with van der Waals surface area (Å²) in [5, 5.41) is 22.5. The Balaban J connectivity index is 1.69. The van der Waals surface area contributed by atoms with Gasteiger partial charge in [0.25, 0.3) is 0 Å². The minimum Gasteiger partial charge on any atom is -0.298 e. The second-order valence-electron chi connectivity index (χ2n) is 5.77. The Bertz CT molecular complexity index is 868. The van der Waals surface area contributed by atoms with Crippen LogP contribution in [-0.4, -0.2) is 24.7 Å². The average Bonchev–Trinajstić information content (AvgIpc) is 3.36. The van der Waals surface area contributed by atoms with Gasteiger partial charge in [0, 0.05) is 6.04 Å². The molecule has 4 rings (SSSR count). The fraction of sp³-hybridized carbons (Fsp3) is 0.400. The van der Waals surface area contributed by atoms with Crippen molar-refractivity contribution in [3.8, 4) is 10.7 Å². The van der Waals surface area contributed by atoms with Gasteiger partial charge in [-0.1, -0.05) is 25.3 Å². The first-order valence-electron chi connectivity index (χ1n) is 7.99. The van der Waals surface area contributed by atoms with Gasteiger partial charge in [-0.25, -0.2) is 4.98 Å². The molecule has 0 atom stereocenters. The molecule has 1 aliphatic rings. The summed E-state index contributed by atoms with van der Waals surface area (Å²) in [7, 11) is 0. The van der Waals surface area contributed by atoms with Crippen LogP contribution in [0.1, 0.15) is 38.1 Å². The SMILES string of the molecule is O=[N+]([O-])c1cnc(Sc2nnc(-c3cccs3)n2C2CCCCC2)s1. The lowest BCUT2D eigenvalue weighted by molar-refractivity contribution is -0.380. The lowest BCUT2D eigenvalue weighted by Crippen LogP contribution is -2.14. The molecule has 130 valence electrons. The Morgan fingerprint density at radius 2 is 2.12 bits per heavy atom. The summed E-state index contributed by atoms with van der Waals surface area (Å²) in [6.45, 7) is 0. The zero-order chi connectivity index (χ0) is 17.2. The van der Waals surface area contributed by atoms with Crippen molar-refractivity contribution >= 4 is 39.4 Å². The Morgan fingerprint density at radius 1 is 1.28 bits per heavy atom. The molecule has 0 bridgehead atoms. The van der Waals surface area contributed by atoms with Crippen molar-refractivity contribution in [2.24, 2.45) is 0 Å². The molecule has 1 saturated carbocycles. The molecule has 0 spiro atoms. The van der Waals surface area contributed by atoms with Crippen LogP contribution in [0.5, 0.6) is 0 Å². The van der Waals surface area contributed by atoms with Gasteiger partial charge in [0.2, 0.25) is 0 Å². The molecule has 0 N–H and O–H groups in total. The van der Waals surface area contributed by atoms with Crippen molar-refractivity contribution in [2.45, 2.75) is 47.6 Å². The predicted molar refractivity (Wildman–Crippen MR) is 98.3 cm³/mol. The van der Waals surface area contributed by atoms with E-state index in [2.05, 4.69) is 25.8 Å². The second-order valence-corrected chi connectivity index (χ2v) is 8.94. The first-order valence-corrected chi connectivity index (χ1v) is 10.5. The highest BCUT2D eigenvalue weighted by Gasteiger charge is 2.25. The Hall–Kier alpha value is -1.78. The molecule has 1 aliphatic carbocycles. The maximum Gasteiger partial charge on any atom is 0.344 e. The summed E-state index contributed by atoms with van der Waals surface area (Å²) in [5.74, 6) is 0.885. The molecule has 10 heteroatoms. The van der Waals surface area contributed by atoms with Gasteiger partial charge in [0.15, 0.2) is 15.3 Å². The Labute approximate surface area is 156 Å². The highest BCUT2D eigenvalue weighted by Crippen LogP contribution is 2.40. The fourth-order valence-corrected chi connectivity index (χ4v) is 5.54. The van der Waals surface area contributed by atoms with Gasteiger partial charge < -0.3 is 0 Å². The zero-order valence-corrected chi connectivity index (χ0v) is 15.6. The van der Waals surface area contributed by atoms with Crippen molar-refractivity contribution in [3.63, 3.8) is 0 Å². The molecule has 7 nitrogen and oxygen atoms in total. The van der Waals surface area contributed by atoms with Crippen molar-refractivity contribution in [2.75, 3.05) is 0 Å². The van der Waals surface area contributed by atoms with Crippen molar-refractivity contribution in [1.29, 1.82) is 0 Å². The lowest BCUT2D eigenvalue weighted by atomic mass is 9.95. The molecule has 3 aromatic rings. The molecule has 3 heterocycles. The number of aromatic nitrogens is 4. The molecule has 0 saturated heterocycles. The van der Waals surface area contributed by atoms with Crippen molar-refractivity contribution in [1.82, 2.24) is 19.7 Å². The second kappa shape index (κ2) is 7.22. The normalized spacial score (nSPS) is 15.5. The highest BCUT2D eigenvalue weighted by atomic mass is 32.2. The number of thiophene rings is 1. The number of thiazole rings is 1. The van der Waals surface area contributed by atoms with Crippen molar-refractivity contribution < 1.29 is 4.92 Å². The summed E-state index contributed by atoms with van der Waals surface area (Å²) in [6.07, 6.45) is 7.21. The molecule has 1 fully saturated rings. The van der Waals surface area contributed by atoms with Gasteiger partial charge in [0.1, 0.15) is 6.20 Å². The summed E-state index contributed by atoms with van der Waals surface area (Å²) in [5.41, 5.74) is 0. The van der Waals surface area contributed by atoms with E-state index in [4.69, 9.17) is 0 Å². The highest BCUT2D eigenvalue weighted by molar-refractivity contribution is 8.00. The van der Waals surface area contributed by atoms with Crippen LogP contribution in [0.3, 0.4) is 0 Å². The summed E-state index contributed by atoms with van der Waals surface area (Å²) in [6, 6.07) is 4.44. The Kier molecular flexibility index (Phi) is 4.82. The van der Waals surface area contributed by atoms with Crippen LogP contribution in [0.15, 0.2) is 33.2 Å². The number of rotatable bonds is 5. The summed E-state index contributed by atoms with van der Waals surface area (Å²) < 4.78 is 2.83. The third-order valence-electron chi connectivity index (χ3n) is 4.18. The standard InChI is InChI=1S/C15H15N5O2S3/c21-20(22)12-9-16-15(24-12)25-14-18-17-13(11-7-4-8-23-11)19(14)10-5-2-1-3-6-10/h4,7-10H,1-3,5-6H2. The maximum absolute atomic E-state index is 10.9. The third-order valence-corrected chi connectivity index (χ3v) is 7.03. The Morgan fingerprint density at radius 3 is 2.80 bits per heavy atom. The van der Waals surface area contributed by atoms with E-state index >= 15 is 0 Å². The van der Waals surface area contributed by atoms with E-state index in [-0.39, 0.29) is 5.00 Å². The van der Waals surface area contributed by atoms with E-state index in [1.54, 1.807) is 11.3 Å². The number of hydrogen-bond donors (Lipinski definition) is 0. The monoisotopic (exact) mass is 393 g/mol. The first kappa shape index (κ1) is 16.7. The van der Waals surface area contributed by atoms with E-state index in [1.807, 2.05) is 11.4 Å². The molecular weight excluding hydrogens is 378 g/mol. The van der Waals surface area contributed by atoms with Crippen molar-refractivity contribution in [3.05, 3.63) is 33.8 Å². The summed E-state index contributed by atoms with van der Waals surface area (Å²) in [4.78, 5) is 15.7. The summed E-state index contributed by atoms with van der Waals surface area (Å²) >= 11 is 4.08. The van der Waals surface area contributed by atoms with Crippen LogP contribution >= 0.6 is 34.4 Å². The van der Waals surface area contributed by atoms with Gasteiger partial charge in [-0.05, 0) is 47.4 Å². The fourth-order valence-electron chi connectivity index (χ4n) is 3.05. The van der Waals surface area contributed by atoms with Crippen LogP contribution in [0.4, 0.5) is 5.00 Å². The topological polar surface area (TPSA) is 86.7 Å². The molecule has 0 radical (unpaired) electrons. The largest absolute Gasteiger partial charge is 0.344 e. The number of nitrogens with zero attached hydrogens (tertiary/aromatic N) is 5. The number of hydrogen-bond acceptors (Lipinski definition) is 8. The van der Waals surface area contributed by atoms with Gasteiger partial charge in [-0.2, -0.15) is 0 Å². The predicted octanol–water partition coefficient (Wildman–Crippen LogP) is 5.03. The van der Waals surface area contributed by atoms with E-state index in [0.717, 1.165) is 40.0 Å². The van der Waals surface area contributed by atoms with E-state index < -0.39 is 4.92 Å². The average molecular weight is 394 g/mol. The number of nitro groups is 1. The third kappa shape index (κ3) is 3.46. The van der Waals surface area contributed by atoms with E-state index in [9.17, 15) is 10.1 Å². The van der Waals surface area contributed by atoms with Crippen LogP contribution in [0.25, 0.3) is 10.7 Å². The molecule has 0 aromatic carbocycles. The van der Waals surface area contributed by atoms with Crippen LogP contribution in [-0.2, 0) is 0 Å². The molecule has 0 aliphatic heterocycles. The van der Waals surface area contributed by atoms with Gasteiger partial charge in [-0.15, -0.1) is 21.5 Å². The quantitative estimate of drug-likeness (QED) is 0.446. The van der Waals surface area contributed by atoms with Gasteiger partial charge >= 0.3 is 5.00 Å². The van der Waals surface area contributed by atoms with Crippen LogP contribution in [0.2, 0.25) is 0 Å². The zero-order valence-electron chi connectivity index (χ0n) is 13.2. The lowest BCUT2D eigenvalue weighted by Gasteiger charge is -2.25.